The summed E-state index contributed by atoms with van der Waals surface area (Å²) >= 11 is 0. The van der Waals surface area contributed by atoms with Gasteiger partial charge in [-0.3, -0.25) is 0 Å². The zero-order valence-corrected chi connectivity index (χ0v) is 12.2. The number of hydrogen-bond donors (Lipinski definition) is 1. The lowest BCUT2D eigenvalue weighted by atomic mass is 10.2. The van der Waals surface area contributed by atoms with Crippen molar-refractivity contribution in [2.45, 2.75) is 20.8 Å². The Labute approximate surface area is 118 Å². The third-order valence-electron chi connectivity index (χ3n) is 1.80. The van der Waals surface area contributed by atoms with Crippen LogP contribution in [-0.2, 0) is 23.9 Å². The summed E-state index contributed by atoms with van der Waals surface area (Å²) in [6.45, 7) is 11.9. The van der Waals surface area contributed by atoms with Gasteiger partial charge in [-0.1, -0.05) is 13.2 Å². The van der Waals surface area contributed by atoms with E-state index in [-0.39, 0.29) is 17.1 Å². The number of esters is 2. The SMILES string of the molecule is C=C(C)C(=O)OCC.C=C(C=C(C)C(=O)O)C(=O)OC. The van der Waals surface area contributed by atoms with E-state index in [2.05, 4.69) is 22.6 Å². The topological polar surface area (TPSA) is 89.9 Å². The van der Waals surface area contributed by atoms with Crippen molar-refractivity contribution in [3.05, 3.63) is 36.0 Å². The molecule has 0 aliphatic heterocycles. The van der Waals surface area contributed by atoms with Gasteiger partial charge in [0.25, 0.3) is 0 Å². The molecule has 112 valence electrons. The van der Waals surface area contributed by atoms with E-state index >= 15 is 0 Å². The summed E-state index contributed by atoms with van der Waals surface area (Å²) in [4.78, 5) is 31.4. The number of rotatable bonds is 5. The average Bonchev–Trinajstić information content (AvgIpc) is 2.38. The third-order valence-corrected chi connectivity index (χ3v) is 1.80. The Balaban J connectivity index is 0. The molecule has 0 radical (unpaired) electrons. The summed E-state index contributed by atoms with van der Waals surface area (Å²) in [6.07, 6.45) is 1.16. The van der Waals surface area contributed by atoms with Crippen LogP contribution < -0.4 is 0 Å². The van der Waals surface area contributed by atoms with Gasteiger partial charge < -0.3 is 14.6 Å². The Hall–Kier alpha value is -2.37. The standard InChI is InChI=1S/C8H10O4.C6H10O2/c1-5(7(9)10)4-6(2)8(11)12-3;1-4-8-6(7)5(2)3/h4H,2H2,1,3H3,(H,9,10);2,4H2,1,3H3. The predicted octanol–water partition coefficient (Wildman–Crippen LogP) is 1.87. The number of carbonyl (C=O) groups is 3. The highest BCUT2D eigenvalue weighted by atomic mass is 16.5. The maximum atomic E-state index is 10.7. The van der Waals surface area contributed by atoms with Gasteiger partial charge in [-0.15, -0.1) is 0 Å². The molecule has 0 fully saturated rings. The molecule has 0 saturated heterocycles. The lowest BCUT2D eigenvalue weighted by Gasteiger charge is -1.97. The van der Waals surface area contributed by atoms with E-state index in [9.17, 15) is 14.4 Å². The van der Waals surface area contributed by atoms with Crippen molar-refractivity contribution in [1.82, 2.24) is 0 Å². The highest BCUT2D eigenvalue weighted by Crippen LogP contribution is 2.01. The van der Waals surface area contributed by atoms with Crippen LogP contribution in [0.25, 0.3) is 0 Å². The molecule has 0 heterocycles. The van der Waals surface area contributed by atoms with Crippen molar-refractivity contribution >= 4 is 17.9 Å². The first-order chi connectivity index (χ1) is 9.17. The molecule has 0 aliphatic carbocycles. The molecule has 0 aromatic rings. The van der Waals surface area contributed by atoms with E-state index in [0.29, 0.717) is 12.2 Å². The van der Waals surface area contributed by atoms with Gasteiger partial charge in [0.2, 0.25) is 0 Å². The maximum Gasteiger partial charge on any atom is 0.337 e. The summed E-state index contributed by atoms with van der Waals surface area (Å²) in [6, 6.07) is 0. The first-order valence-electron chi connectivity index (χ1n) is 5.68. The molecule has 0 aliphatic rings. The van der Waals surface area contributed by atoms with E-state index in [1.54, 1.807) is 13.8 Å². The number of carbonyl (C=O) groups excluding carboxylic acids is 2. The quantitative estimate of drug-likeness (QED) is 0.471. The van der Waals surface area contributed by atoms with E-state index in [1.165, 1.54) is 14.0 Å². The third kappa shape index (κ3) is 9.64. The second-order valence-corrected chi connectivity index (χ2v) is 3.65. The van der Waals surface area contributed by atoms with Crippen LogP contribution in [0.1, 0.15) is 20.8 Å². The van der Waals surface area contributed by atoms with E-state index in [4.69, 9.17) is 5.11 Å². The molecule has 6 nitrogen and oxygen atoms in total. The molecule has 1 N–H and O–H groups in total. The fourth-order valence-electron chi connectivity index (χ4n) is 0.767. The first-order valence-corrected chi connectivity index (χ1v) is 5.68. The molecule has 0 bridgehead atoms. The number of methoxy groups -OCH3 is 1. The lowest BCUT2D eigenvalue weighted by molar-refractivity contribution is -0.138. The summed E-state index contributed by atoms with van der Waals surface area (Å²) in [5, 5.41) is 8.42. The number of ether oxygens (including phenoxy) is 2. The largest absolute Gasteiger partial charge is 0.478 e. The fraction of sp³-hybridized carbons (Fsp3) is 0.357. The fourth-order valence-corrected chi connectivity index (χ4v) is 0.767. The monoisotopic (exact) mass is 284 g/mol. The van der Waals surface area contributed by atoms with Crippen molar-refractivity contribution in [2.24, 2.45) is 0 Å². The molecule has 0 aromatic heterocycles. The number of carboxylic acid groups (broad SMARTS) is 1. The van der Waals surface area contributed by atoms with Crippen LogP contribution in [0.3, 0.4) is 0 Å². The van der Waals surface area contributed by atoms with Gasteiger partial charge in [0.15, 0.2) is 0 Å². The van der Waals surface area contributed by atoms with Crippen LogP contribution in [0.5, 0.6) is 0 Å². The Morgan fingerprint density at radius 3 is 1.90 bits per heavy atom. The molecule has 0 amide bonds. The minimum absolute atomic E-state index is 0.0254. The van der Waals surface area contributed by atoms with Crippen molar-refractivity contribution in [3.8, 4) is 0 Å². The second kappa shape index (κ2) is 10.5. The smallest absolute Gasteiger partial charge is 0.337 e. The normalized spacial score (nSPS) is 9.70. The van der Waals surface area contributed by atoms with Crippen molar-refractivity contribution < 1.29 is 29.0 Å². The highest BCUT2D eigenvalue weighted by molar-refractivity contribution is 5.94. The molecule has 0 spiro atoms. The van der Waals surface area contributed by atoms with Crippen LogP contribution in [0.15, 0.2) is 36.0 Å². The molecule has 0 saturated carbocycles. The zero-order valence-electron chi connectivity index (χ0n) is 12.2. The van der Waals surface area contributed by atoms with Crippen LogP contribution in [0.4, 0.5) is 0 Å². The van der Waals surface area contributed by atoms with Gasteiger partial charge in [0, 0.05) is 11.1 Å². The molecule has 0 aromatic carbocycles. The number of hydrogen-bond acceptors (Lipinski definition) is 5. The van der Waals surface area contributed by atoms with Crippen molar-refractivity contribution in [2.75, 3.05) is 13.7 Å². The Morgan fingerprint density at radius 1 is 1.15 bits per heavy atom. The molecular weight excluding hydrogens is 264 g/mol. The van der Waals surface area contributed by atoms with E-state index in [1.807, 2.05) is 0 Å². The highest BCUT2D eigenvalue weighted by Gasteiger charge is 2.06. The summed E-state index contributed by atoms with van der Waals surface area (Å²) < 4.78 is 8.88. The van der Waals surface area contributed by atoms with Gasteiger partial charge in [0.1, 0.15) is 0 Å². The second-order valence-electron chi connectivity index (χ2n) is 3.65. The van der Waals surface area contributed by atoms with Crippen LogP contribution >= 0.6 is 0 Å². The van der Waals surface area contributed by atoms with E-state index < -0.39 is 11.9 Å². The number of aliphatic carboxylic acids is 1. The molecule has 20 heavy (non-hydrogen) atoms. The summed E-state index contributed by atoms with van der Waals surface area (Å²) in [5.41, 5.74) is 0.523. The molecule has 0 rings (SSSR count). The predicted molar refractivity (Wildman–Crippen MR) is 74.0 cm³/mol. The van der Waals surface area contributed by atoms with Crippen LogP contribution in [0.2, 0.25) is 0 Å². The van der Waals surface area contributed by atoms with Crippen LogP contribution in [-0.4, -0.2) is 36.7 Å². The Kier molecular flexibility index (Phi) is 10.5. The molecular formula is C14H20O6. The maximum absolute atomic E-state index is 10.7. The summed E-state index contributed by atoms with van der Waals surface area (Å²) in [5.74, 6) is -2.02. The Morgan fingerprint density at radius 2 is 1.65 bits per heavy atom. The molecule has 0 atom stereocenters. The lowest BCUT2D eigenvalue weighted by Crippen LogP contribution is -2.04. The van der Waals surface area contributed by atoms with Crippen LogP contribution in [0, 0.1) is 0 Å². The number of carboxylic acids is 1. The molecule has 0 unspecified atom stereocenters. The van der Waals surface area contributed by atoms with Gasteiger partial charge in [-0.2, -0.15) is 0 Å². The van der Waals surface area contributed by atoms with Crippen molar-refractivity contribution in [1.29, 1.82) is 0 Å². The van der Waals surface area contributed by atoms with Crippen molar-refractivity contribution in [3.63, 3.8) is 0 Å². The minimum Gasteiger partial charge on any atom is -0.478 e. The zero-order chi connectivity index (χ0) is 16.3. The average molecular weight is 284 g/mol. The van der Waals surface area contributed by atoms with Gasteiger partial charge in [0.05, 0.1) is 19.3 Å². The van der Waals surface area contributed by atoms with E-state index in [0.717, 1.165) is 6.08 Å². The van der Waals surface area contributed by atoms with Gasteiger partial charge in [-0.25, -0.2) is 14.4 Å². The minimum atomic E-state index is -1.08. The first kappa shape index (κ1) is 20.0. The summed E-state index contributed by atoms with van der Waals surface area (Å²) in [7, 11) is 1.21. The Bertz CT molecular complexity index is 431. The molecule has 6 heteroatoms. The van der Waals surface area contributed by atoms with Gasteiger partial charge >= 0.3 is 17.9 Å². The van der Waals surface area contributed by atoms with Gasteiger partial charge in [-0.05, 0) is 26.8 Å².